The van der Waals surface area contributed by atoms with Gasteiger partial charge in [0.15, 0.2) is 0 Å². The van der Waals surface area contributed by atoms with Crippen LogP contribution in [0.1, 0.15) is 18.2 Å². The van der Waals surface area contributed by atoms with Crippen LogP contribution in [0, 0.1) is 0 Å². The average molecular weight is 164 g/mol. The summed E-state index contributed by atoms with van der Waals surface area (Å²) in [6.45, 7) is 4.47. The lowest BCUT2D eigenvalue weighted by Crippen LogP contribution is -2.28. The highest BCUT2D eigenvalue weighted by molar-refractivity contribution is 5.19. The van der Waals surface area contributed by atoms with Gasteiger partial charge in [0.2, 0.25) is 0 Å². The van der Waals surface area contributed by atoms with Gasteiger partial charge in [-0.3, -0.25) is 9.82 Å². The lowest BCUT2D eigenvalue weighted by Gasteiger charge is -2.25. The van der Waals surface area contributed by atoms with Gasteiger partial charge in [0, 0.05) is 18.3 Å². The first-order valence-electron chi connectivity index (χ1n) is 4.21. The van der Waals surface area contributed by atoms with Crippen LogP contribution in [-0.2, 0) is 18.0 Å². The predicted molar refractivity (Wildman–Crippen MR) is 45.1 cm³/mol. The van der Waals surface area contributed by atoms with Crippen molar-refractivity contribution >= 4 is 0 Å². The Bertz CT molecular complexity index is 275. The van der Waals surface area contributed by atoms with Gasteiger partial charge in [-0.05, 0) is 6.07 Å². The minimum Gasteiger partial charge on any atom is -0.294 e. The molecular weight excluding hydrogens is 152 g/mol. The van der Waals surface area contributed by atoms with Crippen molar-refractivity contribution in [2.24, 2.45) is 0 Å². The van der Waals surface area contributed by atoms with Crippen LogP contribution in [-0.4, -0.2) is 16.6 Å². The molecule has 3 heteroatoms. The normalized spacial score (nSPS) is 17.4. The maximum Gasteiger partial charge on any atom is 0.0954 e. The summed E-state index contributed by atoms with van der Waals surface area (Å²) in [5.41, 5.74) is 2.35. The van der Waals surface area contributed by atoms with Gasteiger partial charge < -0.3 is 0 Å². The third kappa shape index (κ3) is 1.33. The highest BCUT2D eigenvalue weighted by Gasteiger charge is 2.15. The average Bonchev–Trinajstić information content (AvgIpc) is 2.17. The molecule has 0 fully saturated rings. The molecule has 0 amide bonds. The molecule has 0 aliphatic carbocycles. The topological polar surface area (TPSA) is 25.4 Å². The van der Waals surface area contributed by atoms with Crippen molar-refractivity contribution in [3.63, 3.8) is 0 Å². The van der Waals surface area contributed by atoms with E-state index in [0.29, 0.717) is 6.61 Å². The quantitative estimate of drug-likeness (QED) is 0.626. The van der Waals surface area contributed by atoms with E-state index in [1.807, 2.05) is 17.3 Å². The van der Waals surface area contributed by atoms with Gasteiger partial charge in [0.1, 0.15) is 0 Å². The van der Waals surface area contributed by atoms with Crippen molar-refractivity contribution < 1.29 is 4.84 Å². The molecule has 2 heterocycles. The second kappa shape index (κ2) is 3.21. The van der Waals surface area contributed by atoms with E-state index in [1.165, 1.54) is 5.56 Å². The van der Waals surface area contributed by atoms with Crippen molar-refractivity contribution in [1.29, 1.82) is 0 Å². The van der Waals surface area contributed by atoms with Crippen molar-refractivity contribution in [3.05, 3.63) is 29.6 Å². The van der Waals surface area contributed by atoms with Crippen molar-refractivity contribution in [3.8, 4) is 0 Å². The molecule has 0 saturated heterocycles. The second-order valence-electron chi connectivity index (χ2n) is 2.84. The molecule has 0 spiro atoms. The monoisotopic (exact) mass is 164 g/mol. The van der Waals surface area contributed by atoms with E-state index in [0.717, 1.165) is 18.8 Å². The van der Waals surface area contributed by atoms with E-state index in [4.69, 9.17) is 4.84 Å². The van der Waals surface area contributed by atoms with Crippen molar-refractivity contribution in [2.45, 2.75) is 20.1 Å². The Balaban J connectivity index is 2.23. The zero-order valence-electron chi connectivity index (χ0n) is 7.16. The van der Waals surface area contributed by atoms with Crippen LogP contribution in [0.25, 0.3) is 0 Å². The maximum absolute atomic E-state index is 5.45. The van der Waals surface area contributed by atoms with E-state index in [2.05, 4.69) is 18.0 Å². The summed E-state index contributed by atoms with van der Waals surface area (Å²) in [6.07, 6.45) is 1.83. The molecular formula is C9H12N2O. The lowest BCUT2D eigenvalue weighted by molar-refractivity contribution is -0.184. The molecule has 0 saturated carbocycles. The number of rotatable bonds is 1. The predicted octanol–water partition coefficient (Wildman–Crippen LogP) is 1.35. The van der Waals surface area contributed by atoms with Crippen LogP contribution in [0.15, 0.2) is 18.3 Å². The number of hydrogen-bond donors (Lipinski definition) is 0. The second-order valence-corrected chi connectivity index (χ2v) is 2.84. The maximum atomic E-state index is 5.45. The molecule has 3 nitrogen and oxygen atoms in total. The number of pyridine rings is 1. The first-order chi connectivity index (χ1) is 5.90. The lowest BCUT2D eigenvalue weighted by atomic mass is 10.2. The van der Waals surface area contributed by atoms with Crippen molar-refractivity contribution in [2.75, 3.05) is 6.54 Å². The van der Waals surface area contributed by atoms with Crippen LogP contribution in [0.2, 0.25) is 0 Å². The number of aromatic nitrogens is 1. The molecule has 1 aliphatic rings. The van der Waals surface area contributed by atoms with Gasteiger partial charge in [-0.15, -0.1) is 0 Å². The van der Waals surface area contributed by atoms with Crippen LogP contribution >= 0.6 is 0 Å². The Morgan fingerprint density at radius 2 is 2.58 bits per heavy atom. The molecule has 64 valence electrons. The first kappa shape index (κ1) is 7.71. The van der Waals surface area contributed by atoms with Crippen LogP contribution in [0.4, 0.5) is 0 Å². The summed E-state index contributed by atoms with van der Waals surface area (Å²) in [6, 6.07) is 4.01. The number of hydrogen-bond acceptors (Lipinski definition) is 3. The van der Waals surface area contributed by atoms with Gasteiger partial charge in [-0.2, -0.15) is 5.06 Å². The summed E-state index contributed by atoms with van der Waals surface area (Å²) in [5, 5.41) is 1.93. The number of nitrogens with zero attached hydrogens (tertiary/aromatic N) is 2. The largest absolute Gasteiger partial charge is 0.294 e. The molecule has 1 aromatic heterocycles. The molecule has 0 atom stereocenters. The summed E-state index contributed by atoms with van der Waals surface area (Å²) >= 11 is 0. The van der Waals surface area contributed by atoms with E-state index in [9.17, 15) is 0 Å². The zero-order valence-corrected chi connectivity index (χ0v) is 7.16. The van der Waals surface area contributed by atoms with E-state index >= 15 is 0 Å². The molecule has 0 radical (unpaired) electrons. The fourth-order valence-electron chi connectivity index (χ4n) is 1.32. The standard InChI is InChI=1S/C9H12N2O/c1-2-11-6-9-8(7-12-11)4-3-5-10-9/h3-5H,2,6-7H2,1H3. The summed E-state index contributed by atoms with van der Waals surface area (Å²) in [7, 11) is 0. The van der Waals surface area contributed by atoms with E-state index < -0.39 is 0 Å². The zero-order chi connectivity index (χ0) is 8.39. The summed E-state index contributed by atoms with van der Waals surface area (Å²) in [5.74, 6) is 0. The fraction of sp³-hybridized carbons (Fsp3) is 0.444. The Hall–Kier alpha value is -0.930. The number of hydroxylamine groups is 2. The van der Waals surface area contributed by atoms with Crippen LogP contribution in [0.3, 0.4) is 0 Å². The molecule has 2 rings (SSSR count). The Kier molecular flexibility index (Phi) is 2.06. The van der Waals surface area contributed by atoms with Crippen molar-refractivity contribution in [1.82, 2.24) is 10.0 Å². The van der Waals surface area contributed by atoms with Gasteiger partial charge in [-0.25, -0.2) is 0 Å². The third-order valence-electron chi connectivity index (χ3n) is 2.07. The molecule has 0 N–H and O–H groups in total. The molecule has 0 bridgehead atoms. The van der Waals surface area contributed by atoms with Gasteiger partial charge in [0.25, 0.3) is 0 Å². The minimum absolute atomic E-state index is 0.664. The van der Waals surface area contributed by atoms with Gasteiger partial charge in [0.05, 0.1) is 18.8 Å². The first-order valence-corrected chi connectivity index (χ1v) is 4.21. The highest BCUT2D eigenvalue weighted by atomic mass is 16.7. The van der Waals surface area contributed by atoms with Gasteiger partial charge >= 0.3 is 0 Å². The molecule has 1 aliphatic heterocycles. The molecule has 1 aromatic rings. The van der Waals surface area contributed by atoms with Crippen LogP contribution in [0.5, 0.6) is 0 Å². The molecule has 12 heavy (non-hydrogen) atoms. The van der Waals surface area contributed by atoms with E-state index in [1.54, 1.807) is 0 Å². The summed E-state index contributed by atoms with van der Waals surface area (Å²) < 4.78 is 0. The Morgan fingerprint density at radius 1 is 1.67 bits per heavy atom. The smallest absolute Gasteiger partial charge is 0.0954 e. The van der Waals surface area contributed by atoms with Gasteiger partial charge in [-0.1, -0.05) is 13.0 Å². The Labute approximate surface area is 71.9 Å². The third-order valence-corrected chi connectivity index (χ3v) is 2.07. The fourth-order valence-corrected chi connectivity index (χ4v) is 1.32. The van der Waals surface area contributed by atoms with E-state index in [-0.39, 0.29) is 0 Å². The van der Waals surface area contributed by atoms with Crippen LogP contribution < -0.4 is 0 Å². The molecule has 0 unspecified atom stereocenters. The highest BCUT2D eigenvalue weighted by Crippen LogP contribution is 2.16. The summed E-state index contributed by atoms with van der Waals surface area (Å²) in [4.78, 5) is 9.74. The SMILES string of the molecule is CCN1Cc2ncccc2CO1. The molecule has 0 aromatic carbocycles. The minimum atomic E-state index is 0.664. The number of fused-ring (bicyclic) bond motifs is 1. The Morgan fingerprint density at radius 3 is 3.42 bits per heavy atom.